The Hall–Kier alpha value is -3.78. The van der Waals surface area contributed by atoms with E-state index in [-0.39, 0.29) is 25.7 Å². The molecule has 0 aromatic heterocycles. The molecule has 2 aliphatic rings. The number of benzene rings is 2. The Bertz CT molecular complexity index is 1080. The molecule has 170 valence electrons. The van der Waals surface area contributed by atoms with Gasteiger partial charge >= 0.3 is 0 Å². The van der Waals surface area contributed by atoms with Gasteiger partial charge in [-0.2, -0.15) is 5.26 Å². The number of amides is 3. The summed E-state index contributed by atoms with van der Waals surface area (Å²) in [5, 5.41) is 21.9. The summed E-state index contributed by atoms with van der Waals surface area (Å²) in [6, 6.07) is 15.0. The van der Waals surface area contributed by atoms with Crippen LogP contribution in [0, 0.1) is 11.3 Å². The van der Waals surface area contributed by atoms with Gasteiger partial charge in [0.25, 0.3) is 17.7 Å². The summed E-state index contributed by atoms with van der Waals surface area (Å²) in [5.74, 6) is -1.46. The van der Waals surface area contributed by atoms with Crippen molar-refractivity contribution >= 4 is 34.8 Å². The van der Waals surface area contributed by atoms with Crippen LogP contribution in [-0.2, 0) is 23.9 Å². The van der Waals surface area contributed by atoms with Gasteiger partial charge in [0.05, 0.1) is 24.8 Å². The first-order valence-corrected chi connectivity index (χ1v) is 10.4. The molecule has 10 heteroatoms. The molecule has 2 atom stereocenters. The van der Waals surface area contributed by atoms with E-state index in [4.69, 9.17) is 14.7 Å². The van der Waals surface area contributed by atoms with E-state index in [0.717, 1.165) is 0 Å². The van der Waals surface area contributed by atoms with Crippen molar-refractivity contribution in [2.24, 2.45) is 0 Å². The van der Waals surface area contributed by atoms with Crippen LogP contribution in [0.4, 0.5) is 17.1 Å². The number of carbonyl (C=O) groups excluding carboxylic acids is 3. The van der Waals surface area contributed by atoms with Crippen molar-refractivity contribution in [1.29, 1.82) is 5.26 Å². The molecule has 0 saturated carbocycles. The van der Waals surface area contributed by atoms with Crippen LogP contribution in [0.5, 0.6) is 0 Å². The Labute approximate surface area is 189 Å². The summed E-state index contributed by atoms with van der Waals surface area (Å²) in [6.45, 7) is 1.35. The van der Waals surface area contributed by atoms with E-state index in [2.05, 4.69) is 5.32 Å². The highest BCUT2D eigenvalue weighted by Gasteiger charge is 2.39. The van der Waals surface area contributed by atoms with E-state index >= 15 is 0 Å². The molecule has 33 heavy (non-hydrogen) atoms. The highest BCUT2D eigenvalue weighted by atomic mass is 16.5. The van der Waals surface area contributed by atoms with Crippen molar-refractivity contribution < 1.29 is 29.0 Å². The summed E-state index contributed by atoms with van der Waals surface area (Å²) in [6.07, 6.45) is -3.08. The molecule has 1 unspecified atom stereocenters. The van der Waals surface area contributed by atoms with Crippen molar-refractivity contribution in [2.75, 3.05) is 48.0 Å². The van der Waals surface area contributed by atoms with Crippen LogP contribution in [0.25, 0.3) is 0 Å². The van der Waals surface area contributed by atoms with Crippen LogP contribution >= 0.6 is 0 Å². The fourth-order valence-electron chi connectivity index (χ4n) is 3.67. The molecule has 10 nitrogen and oxygen atoms in total. The van der Waals surface area contributed by atoms with Gasteiger partial charge in [0.15, 0.2) is 12.2 Å². The van der Waals surface area contributed by atoms with Crippen molar-refractivity contribution in [3.05, 3.63) is 54.1 Å². The molecule has 2 heterocycles. The lowest BCUT2D eigenvalue weighted by molar-refractivity contribution is -0.150. The number of anilines is 3. The Kier molecular flexibility index (Phi) is 6.65. The van der Waals surface area contributed by atoms with Gasteiger partial charge in [0.2, 0.25) is 0 Å². The molecule has 2 aliphatic heterocycles. The number of hydrogen-bond acceptors (Lipinski definition) is 7. The molecule has 2 aromatic rings. The van der Waals surface area contributed by atoms with Gasteiger partial charge in [-0.15, -0.1) is 0 Å². The Morgan fingerprint density at radius 3 is 2.30 bits per heavy atom. The quantitative estimate of drug-likeness (QED) is 0.684. The van der Waals surface area contributed by atoms with Crippen LogP contribution < -0.4 is 15.1 Å². The molecule has 3 amide bonds. The molecule has 2 N–H and O–H groups in total. The van der Waals surface area contributed by atoms with Gasteiger partial charge in [0.1, 0.15) is 6.61 Å². The average molecular weight is 450 g/mol. The minimum atomic E-state index is -1.72. The number of aliphatic hydroxyl groups excluding tert-OH is 1. The zero-order chi connectivity index (χ0) is 23.4. The van der Waals surface area contributed by atoms with Crippen molar-refractivity contribution in [3.8, 4) is 6.07 Å². The minimum Gasteiger partial charge on any atom is -0.380 e. The van der Waals surface area contributed by atoms with E-state index in [9.17, 15) is 19.5 Å². The molecule has 2 aromatic carbocycles. The first kappa shape index (κ1) is 22.4. The minimum absolute atomic E-state index is 0.0355. The van der Waals surface area contributed by atoms with Gasteiger partial charge in [-0.3, -0.25) is 14.4 Å². The SMILES string of the molecule is N#Cc1ccc(NC(=O)C(O)[C@H]2OCCN(c3ccc(N4CCOCC4=O)cc3)C2=O)cc1. The van der Waals surface area contributed by atoms with E-state index in [1.807, 2.05) is 6.07 Å². The Morgan fingerprint density at radius 1 is 1.03 bits per heavy atom. The zero-order valence-electron chi connectivity index (χ0n) is 17.6. The molecule has 0 spiro atoms. The maximum absolute atomic E-state index is 13.0. The molecule has 0 aliphatic carbocycles. The zero-order valence-corrected chi connectivity index (χ0v) is 17.6. The number of nitrogens with one attached hydrogen (secondary N) is 1. The Morgan fingerprint density at radius 2 is 1.67 bits per heavy atom. The molecule has 2 fully saturated rings. The Balaban J connectivity index is 1.43. The van der Waals surface area contributed by atoms with Gasteiger partial charge < -0.3 is 29.7 Å². The number of ether oxygens (including phenoxy) is 2. The fourth-order valence-corrected chi connectivity index (χ4v) is 3.67. The lowest BCUT2D eigenvalue weighted by Crippen LogP contribution is -2.55. The number of nitriles is 1. The standard InChI is InChI=1S/C23H22N4O6/c24-13-15-1-3-16(4-2-15)25-22(30)20(29)21-23(31)27(10-12-33-21)18-7-5-17(6-8-18)26-9-11-32-14-19(26)28/h1-8,20-21,29H,9-12,14H2,(H,25,30)/t20?,21-/m1/s1. The number of morpholine rings is 2. The van der Waals surface area contributed by atoms with E-state index < -0.39 is 24.0 Å². The normalized spacial score (nSPS) is 19.7. The second-order valence-electron chi connectivity index (χ2n) is 7.52. The number of aliphatic hydroxyl groups is 1. The van der Waals surface area contributed by atoms with Gasteiger partial charge in [-0.05, 0) is 48.5 Å². The third-order valence-electron chi connectivity index (χ3n) is 5.42. The number of rotatable bonds is 5. The maximum atomic E-state index is 13.0. The lowest BCUT2D eigenvalue weighted by atomic mass is 10.1. The summed E-state index contributed by atoms with van der Waals surface area (Å²) in [7, 11) is 0. The van der Waals surface area contributed by atoms with Crippen molar-refractivity contribution in [1.82, 2.24) is 0 Å². The maximum Gasteiger partial charge on any atom is 0.259 e. The predicted molar refractivity (Wildman–Crippen MR) is 118 cm³/mol. The monoisotopic (exact) mass is 450 g/mol. The van der Waals surface area contributed by atoms with Crippen LogP contribution in [0.1, 0.15) is 5.56 Å². The summed E-state index contributed by atoms with van der Waals surface area (Å²) in [5.41, 5.74) is 2.08. The van der Waals surface area contributed by atoms with Gasteiger partial charge in [-0.1, -0.05) is 0 Å². The smallest absolute Gasteiger partial charge is 0.259 e. The number of hydrogen-bond donors (Lipinski definition) is 2. The predicted octanol–water partition coefficient (Wildman–Crippen LogP) is 0.653. The summed E-state index contributed by atoms with van der Waals surface area (Å²) < 4.78 is 10.6. The third kappa shape index (κ3) is 4.85. The van der Waals surface area contributed by atoms with Crippen molar-refractivity contribution in [2.45, 2.75) is 12.2 Å². The van der Waals surface area contributed by atoms with Crippen LogP contribution in [-0.4, -0.2) is 67.9 Å². The van der Waals surface area contributed by atoms with Crippen molar-refractivity contribution in [3.63, 3.8) is 0 Å². The van der Waals surface area contributed by atoms with Gasteiger partial charge in [0, 0.05) is 30.2 Å². The molecular weight excluding hydrogens is 428 g/mol. The highest BCUT2D eigenvalue weighted by Crippen LogP contribution is 2.25. The second kappa shape index (κ2) is 9.79. The van der Waals surface area contributed by atoms with Crippen LogP contribution in [0.15, 0.2) is 48.5 Å². The summed E-state index contributed by atoms with van der Waals surface area (Å²) in [4.78, 5) is 40.6. The molecule has 0 radical (unpaired) electrons. The third-order valence-corrected chi connectivity index (χ3v) is 5.42. The van der Waals surface area contributed by atoms with Crippen LogP contribution in [0.2, 0.25) is 0 Å². The molecule has 2 saturated heterocycles. The number of carbonyl (C=O) groups is 3. The van der Waals surface area contributed by atoms with E-state index in [0.29, 0.717) is 35.8 Å². The largest absolute Gasteiger partial charge is 0.380 e. The topological polar surface area (TPSA) is 132 Å². The number of nitrogens with zero attached hydrogens (tertiary/aromatic N) is 3. The highest BCUT2D eigenvalue weighted by molar-refractivity contribution is 6.04. The first-order valence-electron chi connectivity index (χ1n) is 10.4. The van der Waals surface area contributed by atoms with E-state index in [1.54, 1.807) is 29.2 Å². The van der Waals surface area contributed by atoms with Gasteiger partial charge in [-0.25, -0.2) is 0 Å². The summed E-state index contributed by atoms with van der Waals surface area (Å²) >= 11 is 0. The fraction of sp³-hybridized carbons (Fsp3) is 0.304. The first-order chi connectivity index (χ1) is 16.0. The average Bonchev–Trinajstić information content (AvgIpc) is 2.85. The molecule has 4 rings (SSSR count). The van der Waals surface area contributed by atoms with E-state index in [1.165, 1.54) is 29.2 Å². The lowest BCUT2D eigenvalue weighted by Gasteiger charge is -2.34. The molecule has 0 bridgehead atoms. The van der Waals surface area contributed by atoms with Crippen LogP contribution in [0.3, 0.4) is 0 Å². The second-order valence-corrected chi connectivity index (χ2v) is 7.52. The molecular formula is C23H22N4O6.